The highest BCUT2D eigenvalue weighted by atomic mass is 127. The molecule has 0 aliphatic heterocycles. The summed E-state index contributed by atoms with van der Waals surface area (Å²) in [5.74, 6) is -0.328. The van der Waals surface area contributed by atoms with Gasteiger partial charge in [-0.25, -0.2) is 0 Å². The van der Waals surface area contributed by atoms with Gasteiger partial charge in [0.1, 0.15) is 11.5 Å². The first-order valence-electron chi connectivity index (χ1n) is 10.8. The van der Waals surface area contributed by atoms with Crippen LogP contribution in [0.1, 0.15) is 33.2 Å². The molecule has 0 atom stereocenters. The Kier molecular flexibility index (Phi) is 7.93. The maximum absolute atomic E-state index is 13.3. The van der Waals surface area contributed by atoms with Gasteiger partial charge in [0.25, 0.3) is 11.8 Å². The first-order chi connectivity index (χ1) is 16.6. The second-order valence-corrected chi connectivity index (χ2v) is 8.67. The Morgan fingerprint density at radius 2 is 1.35 bits per heavy atom. The van der Waals surface area contributed by atoms with Crippen molar-refractivity contribution >= 4 is 40.5 Å². The van der Waals surface area contributed by atoms with Gasteiger partial charge in [-0.3, -0.25) is 9.59 Å². The molecular weight excluding hydrogens is 539 g/mol. The molecule has 5 nitrogen and oxygen atoms in total. The van der Waals surface area contributed by atoms with Crippen molar-refractivity contribution in [3.63, 3.8) is 0 Å². The minimum Gasteiger partial charge on any atom is -0.451 e. The zero-order chi connectivity index (χ0) is 23.8. The van der Waals surface area contributed by atoms with Crippen LogP contribution in [0, 0.1) is 3.77 Å². The SMILES string of the molecule is O=C(NCC(c1ccccc1)c1ccccc1)/C(=C/c1ccc(I)o1)NC(=O)c1ccccc1. The third-order valence-corrected chi connectivity index (χ3v) is 5.86. The van der Waals surface area contributed by atoms with E-state index in [0.29, 0.717) is 21.6 Å². The van der Waals surface area contributed by atoms with Gasteiger partial charge in [-0.1, -0.05) is 78.9 Å². The van der Waals surface area contributed by atoms with Crippen LogP contribution in [0.5, 0.6) is 0 Å². The minimum absolute atomic E-state index is 0.0398. The molecule has 2 N–H and O–H groups in total. The molecule has 1 aromatic heterocycles. The first kappa shape index (κ1) is 23.5. The lowest BCUT2D eigenvalue weighted by molar-refractivity contribution is -0.117. The summed E-state index contributed by atoms with van der Waals surface area (Å²) in [7, 11) is 0. The third kappa shape index (κ3) is 6.23. The van der Waals surface area contributed by atoms with Crippen molar-refractivity contribution in [1.82, 2.24) is 10.6 Å². The number of carbonyl (C=O) groups excluding carboxylic acids is 2. The first-order valence-corrected chi connectivity index (χ1v) is 11.9. The van der Waals surface area contributed by atoms with Crippen LogP contribution in [-0.4, -0.2) is 18.4 Å². The van der Waals surface area contributed by atoms with Crippen LogP contribution in [0.3, 0.4) is 0 Å². The Balaban J connectivity index is 1.56. The highest BCUT2D eigenvalue weighted by molar-refractivity contribution is 14.1. The van der Waals surface area contributed by atoms with Crippen molar-refractivity contribution < 1.29 is 14.0 Å². The highest BCUT2D eigenvalue weighted by Gasteiger charge is 2.19. The number of hydrogen-bond acceptors (Lipinski definition) is 3. The van der Waals surface area contributed by atoms with E-state index in [0.717, 1.165) is 11.1 Å². The Morgan fingerprint density at radius 1 is 0.794 bits per heavy atom. The second kappa shape index (κ2) is 11.5. The number of benzene rings is 3. The molecule has 0 bridgehead atoms. The summed E-state index contributed by atoms with van der Waals surface area (Å²) in [6, 6.07) is 32.4. The summed E-state index contributed by atoms with van der Waals surface area (Å²) in [5, 5.41) is 5.74. The zero-order valence-corrected chi connectivity index (χ0v) is 20.4. The number of carbonyl (C=O) groups is 2. The van der Waals surface area contributed by atoms with Crippen molar-refractivity contribution in [3.05, 3.63) is 135 Å². The molecule has 4 rings (SSSR count). The number of hydrogen-bond donors (Lipinski definition) is 2. The van der Waals surface area contributed by atoms with E-state index in [1.54, 1.807) is 42.5 Å². The van der Waals surface area contributed by atoms with Crippen molar-refractivity contribution in [1.29, 1.82) is 0 Å². The van der Waals surface area contributed by atoms with Gasteiger partial charge in [0.2, 0.25) is 0 Å². The van der Waals surface area contributed by atoms with E-state index < -0.39 is 5.91 Å². The number of amides is 2. The fourth-order valence-electron chi connectivity index (χ4n) is 3.58. The van der Waals surface area contributed by atoms with Crippen LogP contribution in [0.4, 0.5) is 0 Å². The number of rotatable bonds is 8. The van der Waals surface area contributed by atoms with Crippen molar-refractivity contribution in [2.24, 2.45) is 0 Å². The van der Waals surface area contributed by atoms with Crippen LogP contribution in [-0.2, 0) is 4.79 Å². The summed E-state index contributed by atoms with van der Waals surface area (Å²) < 4.78 is 6.28. The van der Waals surface area contributed by atoms with E-state index in [4.69, 9.17) is 4.42 Å². The molecule has 1 heterocycles. The fraction of sp³-hybridized carbons (Fsp3) is 0.0714. The van der Waals surface area contributed by atoms with E-state index in [9.17, 15) is 9.59 Å². The monoisotopic (exact) mass is 562 g/mol. The van der Waals surface area contributed by atoms with Crippen LogP contribution in [0.15, 0.2) is 113 Å². The van der Waals surface area contributed by atoms with Gasteiger partial charge in [0.05, 0.1) is 0 Å². The molecule has 0 aliphatic rings. The number of furan rings is 1. The number of nitrogens with one attached hydrogen (secondary N) is 2. The van der Waals surface area contributed by atoms with Crippen LogP contribution in [0.25, 0.3) is 6.08 Å². The lowest BCUT2D eigenvalue weighted by atomic mass is 9.91. The summed E-state index contributed by atoms with van der Waals surface area (Å²) in [4.78, 5) is 26.0. The highest BCUT2D eigenvalue weighted by Crippen LogP contribution is 2.24. The van der Waals surface area contributed by atoms with Gasteiger partial charge < -0.3 is 15.1 Å². The molecule has 0 fully saturated rings. The molecule has 3 aromatic carbocycles. The van der Waals surface area contributed by atoms with Crippen LogP contribution >= 0.6 is 22.6 Å². The number of halogens is 1. The molecule has 2 amide bonds. The predicted molar refractivity (Wildman–Crippen MR) is 141 cm³/mol. The molecule has 0 spiro atoms. The molecule has 6 heteroatoms. The second-order valence-electron chi connectivity index (χ2n) is 7.60. The molecule has 0 radical (unpaired) electrons. The van der Waals surface area contributed by atoms with E-state index in [2.05, 4.69) is 33.2 Å². The van der Waals surface area contributed by atoms with Gasteiger partial charge in [0, 0.05) is 24.1 Å². The van der Waals surface area contributed by atoms with Crippen molar-refractivity contribution in [2.45, 2.75) is 5.92 Å². The minimum atomic E-state index is -0.396. The lowest BCUT2D eigenvalue weighted by Crippen LogP contribution is -2.37. The standard InChI is InChI=1S/C28H23IN2O3/c29-26-17-16-23(34-26)18-25(31-27(32)22-14-8-3-9-15-22)28(33)30-19-24(20-10-4-1-5-11-20)21-12-6-2-7-13-21/h1-18,24H,19H2,(H,30,33)(H,31,32)/b25-18-. The van der Waals surface area contributed by atoms with Gasteiger partial charge in [0.15, 0.2) is 3.77 Å². The summed E-state index contributed by atoms with van der Waals surface area (Å²) >= 11 is 2.05. The van der Waals surface area contributed by atoms with Gasteiger partial charge in [-0.05, 0) is 58.0 Å². The molecule has 170 valence electrons. The van der Waals surface area contributed by atoms with Crippen molar-refractivity contribution in [3.8, 4) is 0 Å². The molecule has 4 aromatic rings. The fourth-order valence-corrected chi connectivity index (χ4v) is 4.01. The Morgan fingerprint density at radius 3 is 1.88 bits per heavy atom. The summed E-state index contributed by atoms with van der Waals surface area (Å²) in [6.45, 7) is 0.362. The maximum Gasteiger partial charge on any atom is 0.267 e. The molecule has 0 saturated carbocycles. The lowest BCUT2D eigenvalue weighted by Gasteiger charge is -2.19. The predicted octanol–water partition coefficient (Wildman–Crippen LogP) is 5.60. The zero-order valence-electron chi connectivity index (χ0n) is 18.3. The van der Waals surface area contributed by atoms with Crippen LogP contribution < -0.4 is 10.6 Å². The molecule has 0 saturated heterocycles. The van der Waals surface area contributed by atoms with Gasteiger partial charge >= 0.3 is 0 Å². The maximum atomic E-state index is 13.3. The Labute approximate surface area is 212 Å². The quantitative estimate of drug-likeness (QED) is 0.217. The third-order valence-electron chi connectivity index (χ3n) is 5.28. The average molecular weight is 562 g/mol. The van der Waals surface area contributed by atoms with E-state index in [1.807, 2.05) is 66.7 Å². The van der Waals surface area contributed by atoms with Gasteiger partial charge in [-0.15, -0.1) is 0 Å². The summed E-state index contributed by atoms with van der Waals surface area (Å²) in [6.07, 6.45) is 1.54. The van der Waals surface area contributed by atoms with E-state index in [1.165, 1.54) is 0 Å². The van der Waals surface area contributed by atoms with E-state index >= 15 is 0 Å². The average Bonchev–Trinajstić information content (AvgIpc) is 3.30. The largest absolute Gasteiger partial charge is 0.451 e. The topological polar surface area (TPSA) is 71.3 Å². The smallest absolute Gasteiger partial charge is 0.267 e. The Hall–Kier alpha value is -3.65. The molecule has 0 aliphatic carbocycles. The summed E-state index contributed by atoms with van der Waals surface area (Å²) in [5.41, 5.74) is 2.75. The molecular formula is C28H23IN2O3. The van der Waals surface area contributed by atoms with E-state index in [-0.39, 0.29) is 17.5 Å². The van der Waals surface area contributed by atoms with Crippen molar-refractivity contribution in [2.75, 3.05) is 6.54 Å². The Bertz CT molecular complexity index is 1230. The normalized spacial score (nSPS) is 11.3. The molecule has 34 heavy (non-hydrogen) atoms. The van der Waals surface area contributed by atoms with Crippen LogP contribution in [0.2, 0.25) is 0 Å². The molecule has 0 unspecified atom stereocenters. The van der Waals surface area contributed by atoms with Gasteiger partial charge in [-0.2, -0.15) is 0 Å².